The molecule has 1 aromatic rings. The van der Waals surface area contributed by atoms with E-state index in [0.717, 1.165) is 11.4 Å². The third-order valence-corrected chi connectivity index (χ3v) is 2.41. The van der Waals surface area contributed by atoms with E-state index >= 15 is 0 Å². The van der Waals surface area contributed by atoms with Crippen molar-refractivity contribution in [2.24, 2.45) is 0 Å². The molecular formula is C13H16N2O3. The number of nitrogens with zero attached hydrogens (tertiary/aromatic N) is 2. The van der Waals surface area contributed by atoms with Crippen molar-refractivity contribution in [1.82, 2.24) is 5.01 Å². The second kappa shape index (κ2) is 7.21. The molecule has 0 amide bonds. The number of ketones is 1. The summed E-state index contributed by atoms with van der Waals surface area (Å²) in [4.78, 5) is 22.4. The molecular weight excluding hydrogens is 232 g/mol. The molecule has 1 rings (SSSR count). The molecule has 5 nitrogen and oxygen atoms in total. The Kier molecular flexibility index (Phi) is 5.57. The van der Waals surface area contributed by atoms with Gasteiger partial charge >= 0.3 is 0 Å². The van der Waals surface area contributed by atoms with Crippen molar-refractivity contribution < 1.29 is 9.83 Å². The van der Waals surface area contributed by atoms with E-state index in [2.05, 4.69) is 0 Å². The first-order valence-corrected chi connectivity index (χ1v) is 5.83. The van der Waals surface area contributed by atoms with Crippen LogP contribution in [0.3, 0.4) is 0 Å². The van der Waals surface area contributed by atoms with Crippen molar-refractivity contribution in [3.63, 3.8) is 0 Å². The van der Waals surface area contributed by atoms with Crippen molar-refractivity contribution in [2.45, 2.75) is 19.8 Å². The van der Waals surface area contributed by atoms with Gasteiger partial charge in [0.05, 0.1) is 12.7 Å². The molecule has 0 spiro atoms. The van der Waals surface area contributed by atoms with Gasteiger partial charge in [-0.1, -0.05) is 43.7 Å². The first-order chi connectivity index (χ1) is 8.65. The third-order valence-electron chi connectivity index (χ3n) is 2.41. The molecule has 0 saturated heterocycles. The molecule has 0 saturated carbocycles. The van der Waals surface area contributed by atoms with Crippen molar-refractivity contribution in [2.75, 3.05) is 6.54 Å². The zero-order valence-electron chi connectivity index (χ0n) is 10.3. The van der Waals surface area contributed by atoms with Gasteiger partial charge < -0.3 is 0 Å². The number of nitro groups is 1. The molecule has 0 radical (unpaired) electrons. The summed E-state index contributed by atoms with van der Waals surface area (Å²) < 4.78 is 0. The maximum Gasteiger partial charge on any atom is 0.187 e. The minimum atomic E-state index is -0.509. The van der Waals surface area contributed by atoms with Crippen LogP contribution in [0.15, 0.2) is 42.6 Å². The van der Waals surface area contributed by atoms with E-state index in [1.807, 2.05) is 13.0 Å². The minimum absolute atomic E-state index is 0.237. The predicted molar refractivity (Wildman–Crippen MR) is 68.5 cm³/mol. The highest BCUT2D eigenvalue weighted by molar-refractivity contribution is 6.04. The van der Waals surface area contributed by atoms with Gasteiger partial charge in [-0.3, -0.25) is 4.79 Å². The normalized spacial score (nSPS) is 10.5. The number of unbranched alkanes of at least 4 members (excludes halogenated alkanes) is 1. The molecule has 0 bridgehead atoms. The number of allylic oxidation sites excluding steroid dienone is 1. The lowest BCUT2D eigenvalue weighted by atomic mass is 10.1. The van der Waals surface area contributed by atoms with Gasteiger partial charge in [-0.15, -0.1) is 5.01 Å². The second-order valence-corrected chi connectivity index (χ2v) is 3.80. The first-order valence-electron chi connectivity index (χ1n) is 5.83. The summed E-state index contributed by atoms with van der Waals surface area (Å²) in [6.07, 6.45) is 4.04. The monoisotopic (exact) mass is 248 g/mol. The second-order valence-electron chi connectivity index (χ2n) is 3.80. The highest BCUT2D eigenvalue weighted by Crippen LogP contribution is 2.02. The summed E-state index contributed by atoms with van der Waals surface area (Å²) in [6, 6.07) is 8.67. The zero-order chi connectivity index (χ0) is 13.4. The molecule has 5 heteroatoms. The quantitative estimate of drug-likeness (QED) is 0.322. The smallest absolute Gasteiger partial charge is 0.187 e. The number of hydrogen-bond acceptors (Lipinski definition) is 3. The van der Waals surface area contributed by atoms with Crippen molar-refractivity contribution in [3.8, 4) is 0 Å². The van der Waals surface area contributed by atoms with Crippen molar-refractivity contribution >= 4 is 5.78 Å². The van der Waals surface area contributed by atoms with Crippen LogP contribution in [0, 0.1) is 10.1 Å². The van der Waals surface area contributed by atoms with Gasteiger partial charge in [0, 0.05) is 11.6 Å². The predicted octanol–water partition coefficient (Wildman–Crippen LogP) is 2.68. The van der Waals surface area contributed by atoms with Gasteiger partial charge in [-0.2, -0.15) is 0 Å². The molecule has 18 heavy (non-hydrogen) atoms. The van der Waals surface area contributed by atoms with Gasteiger partial charge in [0.15, 0.2) is 10.8 Å². The van der Waals surface area contributed by atoms with Crippen LogP contribution in [0.25, 0.3) is 0 Å². The molecule has 0 aliphatic heterocycles. The Labute approximate surface area is 106 Å². The van der Waals surface area contributed by atoms with E-state index in [0.29, 0.717) is 18.5 Å². The molecule has 0 atom stereocenters. The van der Waals surface area contributed by atoms with Crippen molar-refractivity contribution in [3.05, 3.63) is 58.3 Å². The summed E-state index contributed by atoms with van der Waals surface area (Å²) in [5.74, 6) is -0.237. The molecule has 1 aromatic carbocycles. The van der Waals surface area contributed by atoms with E-state index in [1.54, 1.807) is 24.3 Å². The molecule has 0 aliphatic carbocycles. The average Bonchev–Trinajstić information content (AvgIpc) is 2.39. The molecule has 0 fully saturated rings. The number of carbonyl (C=O) groups excluding carboxylic acids is 1. The highest BCUT2D eigenvalue weighted by Gasteiger charge is 2.10. The van der Waals surface area contributed by atoms with Crippen LogP contribution >= 0.6 is 0 Å². The zero-order valence-corrected chi connectivity index (χ0v) is 10.3. The lowest BCUT2D eigenvalue weighted by Crippen LogP contribution is -2.25. The lowest BCUT2D eigenvalue weighted by Gasteiger charge is -2.07. The first kappa shape index (κ1) is 13.9. The van der Waals surface area contributed by atoms with Crippen LogP contribution in [-0.4, -0.2) is 22.4 Å². The maximum atomic E-state index is 11.7. The van der Waals surface area contributed by atoms with E-state index in [9.17, 15) is 14.9 Å². The summed E-state index contributed by atoms with van der Waals surface area (Å²) in [7, 11) is 0. The number of hydrazine groups is 1. The van der Waals surface area contributed by atoms with E-state index < -0.39 is 5.03 Å². The highest BCUT2D eigenvalue weighted by atomic mass is 16.7. The SMILES string of the molecule is CCCCN(/C=C/C(=O)c1ccccc1)[N+](=O)[O-]. The van der Waals surface area contributed by atoms with E-state index in [1.165, 1.54) is 12.3 Å². The van der Waals surface area contributed by atoms with Gasteiger partial charge in [0.2, 0.25) is 0 Å². The Morgan fingerprint density at radius 1 is 1.39 bits per heavy atom. The van der Waals surface area contributed by atoms with E-state index in [-0.39, 0.29) is 5.78 Å². The fourth-order valence-corrected chi connectivity index (χ4v) is 1.38. The molecule has 0 unspecified atom stereocenters. The van der Waals surface area contributed by atoms with Gasteiger partial charge in [-0.25, -0.2) is 10.1 Å². The molecule has 0 aromatic heterocycles. The Balaban J connectivity index is 2.66. The Morgan fingerprint density at radius 3 is 2.61 bits per heavy atom. The van der Waals surface area contributed by atoms with Gasteiger partial charge in [0.1, 0.15) is 0 Å². The van der Waals surface area contributed by atoms with Crippen LogP contribution in [0.1, 0.15) is 30.1 Å². The molecule has 0 heterocycles. The standard InChI is InChI=1S/C13H16N2O3/c1-2-3-10-14(15(17)18)11-9-13(16)12-7-5-4-6-8-12/h4-9,11H,2-3,10H2,1H3/b11-9+. The van der Waals surface area contributed by atoms with Crippen LogP contribution in [0.4, 0.5) is 0 Å². The van der Waals surface area contributed by atoms with Crippen LogP contribution < -0.4 is 0 Å². The number of hydrogen-bond donors (Lipinski definition) is 0. The summed E-state index contributed by atoms with van der Waals surface area (Å²) >= 11 is 0. The molecule has 96 valence electrons. The number of benzene rings is 1. The fourth-order valence-electron chi connectivity index (χ4n) is 1.38. The van der Waals surface area contributed by atoms with Crippen LogP contribution in [-0.2, 0) is 0 Å². The minimum Gasteiger partial charge on any atom is -0.289 e. The molecule has 0 N–H and O–H groups in total. The number of carbonyl (C=O) groups is 1. The Bertz CT molecular complexity index is 429. The lowest BCUT2D eigenvalue weighted by molar-refractivity contribution is -0.639. The Hall–Kier alpha value is -2.17. The summed E-state index contributed by atoms with van der Waals surface area (Å²) in [5.41, 5.74) is 0.521. The summed E-state index contributed by atoms with van der Waals surface area (Å²) in [6.45, 7) is 2.26. The summed E-state index contributed by atoms with van der Waals surface area (Å²) in [5, 5.41) is 11.1. The van der Waals surface area contributed by atoms with Crippen LogP contribution in [0.5, 0.6) is 0 Å². The van der Waals surface area contributed by atoms with Crippen LogP contribution in [0.2, 0.25) is 0 Å². The van der Waals surface area contributed by atoms with Gasteiger partial charge in [0.25, 0.3) is 0 Å². The Morgan fingerprint density at radius 2 is 2.06 bits per heavy atom. The van der Waals surface area contributed by atoms with E-state index in [4.69, 9.17) is 0 Å². The van der Waals surface area contributed by atoms with Crippen molar-refractivity contribution in [1.29, 1.82) is 0 Å². The third kappa shape index (κ3) is 4.37. The fraction of sp³-hybridized carbons (Fsp3) is 0.308. The largest absolute Gasteiger partial charge is 0.289 e. The topological polar surface area (TPSA) is 63.5 Å². The maximum absolute atomic E-state index is 11.7. The average molecular weight is 248 g/mol. The molecule has 0 aliphatic rings. The number of rotatable bonds is 7. The van der Waals surface area contributed by atoms with Gasteiger partial charge in [-0.05, 0) is 6.42 Å².